The summed E-state index contributed by atoms with van der Waals surface area (Å²) in [6.07, 6.45) is 5.19. The van der Waals surface area contributed by atoms with E-state index in [0.717, 1.165) is 18.9 Å². The van der Waals surface area contributed by atoms with Gasteiger partial charge in [-0.25, -0.2) is 0 Å². The minimum atomic E-state index is 0. The Balaban J connectivity index is 0. The van der Waals surface area contributed by atoms with Crippen LogP contribution in [0.1, 0.15) is 47.0 Å². The Bertz CT molecular complexity index is 150. The van der Waals surface area contributed by atoms with Crippen molar-refractivity contribution in [3.05, 3.63) is 6.92 Å². The van der Waals surface area contributed by atoms with Crippen LogP contribution in [0.15, 0.2) is 4.99 Å². The third-order valence-corrected chi connectivity index (χ3v) is 2.14. The van der Waals surface area contributed by atoms with Gasteiger partial charge >= 0.3 is 18.9 Å². The van der Waals surface area contributed by atoms with Gasteiger partial charge in [0.05, 0.1) is 0 Å². The maximum Gasteiger partial charge on any atom is 1.00 e. The van der Waals surface area contributed by atoms with E-state index < -0.39 is 0 Å². The SMILES string of the molecule is [CH2-]CC=NCCC(C)(C)CC(C)C.[Li+]. The first kappa shape index (κ1) is 16.7. The zero-order valence-corrected chi connectivity index (χ0v) is 10.6. The molecule has 0 rings (SSSR count). The van der Waals surface area contributed by atoms with Crippen LogP contribution in [0.2, 0.25) is 0 Å². The third-order valence-electron chi connectivity index (χ3n) is 2.14. The van der Waals surface area contributed by atoms with Crippen molar-refractivity contribution in [1.82, 2.24) is 0 Å². The number of hydrogen-bond donors (Lipinski definition) is 0. The fourth-order valence-corrected chi connectivity index (χ4v) is 1.76. The average Bonchev–Trinajstić information content (AvgIpc) is 1.95. The Hall–Kier alpha value is 0.267. The number of rotatable bonds is 6. The van der Waals surface area contributed by atoms with E-state index in [-0.39, 0.29) is 18.9 Å². The van der Waals surface area contributed by atoms with E-state index in [1.807, 2.05) is 6.21 Å². The van der Waals surface area contributed by atoms with Crippen LogP contribution in [0.4, 0.5) is 0 Å². The van der Waals surface area contributed by atoms with Gasteiger partial charge in [-0.3, -0.25) is 0 Å². The Morgan fingerprint density at radius 3 is 2.36 bits per heavy atom. The Morgan fingerprint density at radius 2 is 1.93 bits per heavy atom. The molecule has 0 saturated heterocycles. The molecule has 14 heavy (non-hydrogen) atoms. The number of nitrogens with zero attached hydrogens (tertiary/aromatic N) is 1. The summed E-state index contributed by atoms with van der Waals surface area (Å²) in [5.74, 6) is 0.784. The molecular weight excluding hydrogens is 165 g/mol. The molecule has 0 N–H and O–H groups in total. The van der Waals surface area contributed by atoms with E-state index in [1.54, 1.807) is 0 Å². The largest absolute Gasteiger partial charge is 1.00 e. The molecule has 2 heteroatoms. The summed E-state index contributed by atoms with van der Waals surface area (Å²) in [7, 11) is 0. The first-order chi connectivity index (χ1) is 5.98. The van der Waals surface area contributed by atoms with E-state index >= 15 is 0 Å². The molecule has 0 saturated carbocycles. The van der Waals surface area contributed by atoms with Gasteiger partial charge in [-0.15, -0.1) is 6.42 Å². The standard InChI is InChI=1S/C12H24N.Li/c1-6-8-13-9-7-12(4,5)10-11(2)3;/h8,11H,1,6-7,9-10H2,2-5H3;/q-1;+1. The van der Waals surface area contributed by atoms with Crippen molar-refractivity contribution in [1.29, 1.82) is 0 Å². The Morgan fingerprint density at radius 1 is 1.36 bits per heavy atom. The van der Waals surface area contributed by atoms with Crippen molar-refractivity contribution in [3.63, 3.8) is 0 Å². The summed E-state index contributed by atoms with van der Waals surface area (Å²) >= 11 is 0. The second-order valence-electron chi connectivity index (χ2n) is 4.89. The second-order valence-corrected chi connectivity index (χ2v) is 4.89. The van der Waals surface area contributed by atoms with E-state index in [9.17, 15) is 0 Å². The average molecular weight is 189 g/mol. The first-order valence-electron chi connectivity index (χ1n) is 5.25. The zero-order valence-electron chi connectivity index (χ0n) is 10.6. The van der Waals surface area contributed by atoms with Crippen LogP contribution in [0.25, 0.3) is 0 Å². The second kappa shape index (κ2) is 8.57. The van der Waals surface area contributed by atoms with Crippen LogP contribution in [-0.4, -0.2) is 12.8 Å². The van der Waals surface area contributed by atoms with E-state index in [0.29, 0.717) is 5.41 Å². The smallest absolute Gasteiger partial charge is 0.338 e. The molecule has 0 aromatic heterocycles. The summed E-state index contributed by atoms with van der Waals surface area (Å²) in [4.78, 5) is 4.29. The molecule has 78 valence electrons. The molecule has 0 aromatic rings. The molecule has 1 nitrogen and oxygen atoms in total. The summed E-state index contributed by atoms with van der Waals surface area (Å²) < 4.78 is 0. The zero-order chi connectivity index (χ0) is 10.3. The maximum absolute atomic E-state index is 4.29. The summed E-state index contributed by atoms with van der Waals surface area (Å²) in [5.41, 5.74) is 0.437. The van der Waals surface area contributed by atoms with Crippen molar-refractivity contribution in [2.45, 2.75) is 47.0 Å². The minimum Gasteiger partial charge on any atom is -0.338 e. The number of aliphatic imine (C=N–C) groups is 1. The molecule has 0 aromatic carbocycles. The first-order valence-corrected chi connectivity index (χ1v) is 5.25. The van der Waals surface area contributed by atoms with Crippen LogP contribution in [-0.2, 0) is 0 Å². The molecule has 0 amide bonds. The van der Waals surface area contributed by atoms with Crippen LogP contribution in [0.3, 0.4) is 0 Å². The number of hydrogen-bond acceptors (Lipinski definition) is 1. The maximum atomic E-state index is 4.29. The molecule has 0 radical (unpaired) electrons. The predicted molar refractivity (Wildman–Crippen MR) is 61.2 cm³/mol. The molecule has 0 aliphatic carbocycles. The van der Waals surface area contributed by atoms with Gasteiger partial charge < -0.3 is 11.9 Å². The monoisotopic (exact) mass is 189 g/mol. The van der Waals surface area contributed by atoms with Crippen molar-refractivity contribution in [2.75, 3.05) is 6.54 Å². The van der Waals surface area contributed by atoms with E-state index in [4.69, 9.17) is 0 Å². The third kappa shape index (κ3) is 10.3. The Kier molecular flexibility index (Phi) is 10.2. The molecule has 0 unspecified atom stereocenters. The van der Waals surface area contributed by atoms with Crippen LogP contribution in [0, 0.1) is 18.3 Å². The normalized spacial score (nSPS) is 12.1. The van der Waals surface area contributed by atoms with E-state index in [1.165, 1.54) is 12.8 Å². The van der Waals surface area contributed by atoms with Gasteiger partial charge in [0.15, 0.2) is 0 Å². The fraction of sp³-hybridized carbons (Fsp3) is 0.833. The minimum absolute atomic E-state index is 0. The van der Waals surface area contributed by atoms with Gasteiger partial charge in [-0.1, -0.05) is 27.7 Å². The summed E-state index contributed by atoms with van der Waals surface area (Å²) in [6, 6.07) is 0. The molecule has 0 spiro atoms. The van der Waals surface area contributed by atoms with Crippen molar-refractivity contribution in [2.24, 2.45) is 16.3 Å². The fourth-order valence-electron chi connectivity index (χ4n) is 1.76. The van der Waals surface area contributed by atoms with Gasteiger partial charge in [0.2, 0.25) is 0 Å². The molecule has 0 heterocycles. The quantitative estimate of drug-likeness (QED) is 0.332. The van der Waals surface area contributed by atoms with Gasteiger partial charge in [-0.2, -0.15) is 0 Å². The Labute approximate surface area is 102 Å². The van der Waals surface area contributed by atoms with E-state index in [2.05, 4.69) is 39.6 Å². The summed E-state index contributed by atoms with van der Waals surface area (Å²) in [6.45, 7) is 13.9. The molecule has 0 bridgehead atoms. The van der Waals surface area contributed by atoms with Crippen molar-refractivity contribution in [3.8, 4) is 0 Å². The van der Waals surface area contributed by atoms with Crippen LogP contribution < -0.4 is 18.9 Å². The van der Waals surface area contributed by atoms with Crippen LogP contribution in [0.5, 0.6) is 0 Å². The van der Waals surface area contributed by atoms with Crippen LogP contribution >= 0.6 is 0 Å². The molecule has 0 fully saturated rings. The molecule has 0 aliphatic rings. The van der Waals surface area contributed by atoms with Gasteiger partial charge in [0.1, 0.15) is 0 Å². The van der Waals surface area contributed by atoms with Crippen molar-refractivity contribution >= 4 is 6.21 Å². The van der Waals surface area contributed by atoms with Crippen molar-refractivity contribution < 1.29 is 18.9 Å². The predicted octanol–water partition coefficient (Wildman–Crippen LogP) is 0.748. The summed E-state index contributed by atoms with van der Waals surface area (Å²) in [5, 5.41) is 0. The molecule has 0 aliphatic heterocycles. The van der Waals surface area contributed by atoms with Gasteiger partial charge in [-0.05, 0) is 30.4 Å². The topological polar surface area (TPSA) is 12.4 Å². The van der Waals surface area contributed by atoms with Gasteiger partial charge in [0.25, 0.3) is 0 Å². The van der Waals surface area contributed by atoms with Gasteiger partial charge in [0, 0.05) is 6.54 Å². The molecule has 0 atom stereocenters. The molecular formula is C12H24LiN.